The van der Waals surface area contributed by atoms with Crippen molar-refractivity contribution in [3.63, 3.8) is 0 Å². The van der Waals surface area contributed by atoms with Crippen LogP contribution in [0.25, 0.3) is 0 Å². The van der Waals surface area contributed by atoms with Crippen molar-refractivity contribution >= 4 is 50.6 Å². The highest BCUT2D eigenvalue weighted by atomic mass is 35.5. The number of hydrogen-bond acceptors (Lipinski definition) is 5. The van der Waals surface area contributed by atoms with Crippen LogP contribution in [-0.2, 0) is 16.6 Å². The maximum absolute atomic E-state index is 12.1. The summed E-state index contributed by atoms with van der Waals surface area (Å²) in [7, 11) is -3.80. The number of rotatable bonds is 5. The van der Waals surface area contributed by atoms with E-state index < -0.39 is 10.0 Å². The lowest BCUT2D eigenvalue weighted by atomic mass is 10.5. The third kappa shape index (κ3) is 2.93. The highest BCUT2D eigenvalue weighted by Crippen LogP contribution is 2.20. The molecule has 0 fully saturated rings. The van der Waals surface area contributed by atoms with Gasteiger partial charge >= 0.3 is 0 Å². The molecule has 2 aromatic rings. The third-order valence-electron chi connectivity index (χ3n) is 2.24. The van der Waals surface area contributed by atoms with Crippen molar-refractivity contribution in [2.75, 3.05) is 0 Å². The van der Waals surface area contributed by atoms with Crippen LogP contribution in [0.3, 0.4) is 0 Å². The van der Waals surface area contributed by atoms with Crippen LogP contribution in [-0.4, -0.2) is 19.3 Å². The summed E-state index contributed by atoms with van der Waals surface area (Å²) in [4.78, 5) is 11.3. The minimum atomic E-state index is -3.80. The monoisotopic (exact) mass is 348 g/mol. The molecule has 0 amide bonds. The molecule has 0 saturated heterocycles. The van der Waals surface area contributed by atoms with Gasteiger partial charge in [-0.3, -0.25) is 4.79 Å². The third-order valence-corrected chi connectivity index (χ3v) is 6.52. The normalized spacial score (nSPS) is 12.6. The molecule has 0 atom stereocenters. The van der Waals surface area contributed by atoms with Crippen molar-refractivity contribution in [3.05, 3.63) is 45.0 Å². The Morgan fingerprint density at radius 3 is 2.80 bits per heavy atom. The molecule has 0 aromatic carbocycles. The zero-order valence-electron chi connectivity index (χ0n) is 10.0. The van der Waals surface area contributed by atoms with E-state index in [9.17, 15) is 13.2 Å². The zero-order valence-corrected chi connectivity index (χ0v) is 13.2. The minimum Gasteiger partial charge on any atom is -0.302 e. The van der Waals surface area contributed by atoms with Gasteiger partial charge < -0.3 is 4.57 Å². The molecule has 0 bridgehead atoms. The van der Waals surface area contributed by atoms with Crippen LogP contribution in [0.5, 0.6) is 0 Å². The summed E-state index contributed by atoms with van der Waals surface area (Å²) in [6, 6.07) is 3.10. The molecule has 0 aliphatic carbocycles. The first kappa shape index (κ1) is 15.2. The van der Waals surface area contributed by atoms with Crippen LogP contribution >= 0.6 is 34.3 Å². The minimum absolute atomic E-state index is 0.139. The molecule has 0 aliphatic rings. The summed E-state index contributed by atoms with van der Waals surface area (Å²) in [5, 5.41) is 1.81. The zero-order chi connectivity index (χ0) is 14.8. The fraction of sp³-hybridized carbons (Fsp3) is 0.0909. The smallest absolute Gasteiger partial charge is 0.294 e. The van der Waals surface area contributed by atoms with Gasteiger partial charge in [-0.05, 0) is 11.4 Å². The standard InChI is InChI=1S/C11H9ClN2O3S3/c1-2-5-14-10(12)8(7-15)19-11(14)13-20(16,17)9-4-3-6-18-9/h2-4,6-7H,1,5H2. The van der Waals surface area contributed by atoms with Gasteiger partial charge in [-0.15, -0.1) is 22.3 Å². The summed E-state index contributed by atoms with van der Waals surface area (Å²) in [6.07, 6.45) is 2.12. The van der Waals surface area contributed by atoms with Gasteiger partial charge in [0.25, 0.3) is 10.0 Å². The molecule has 0 spiro atoms. The molecule has 9 heteroatoms. The maximum atomic E-state index is 12.1. The molecule has 2 aromatic heterocycles. The second-order valence-electron chi connectivity index (χ2n) is 3.56. The number of allylic oxidation sites excluding steroid dienone is 1. The van der Waals surface area contributed by atoms with Gasteiger partial charge in [0.1, 0.15) is 14.2 Å². The summed E-state index contributed by atoms with van der Waals surface area (Å²) in [6.45, 7) is 3.83. The highest BCUT2D eigenvalue weighted by Gasteiger charge is 2.16. The van der Waals surface area contributed by atoms with Crippen LogP contribution in [0.15, 0.2) is 38.8 Å². The molecule has 20 heavy (non-hydrogen) atoms. The van der Waals surface area contributed by atoms with E-state index in [0.29, 0.717) is 6.29 Å². The Balaban J connectivity index is 2.66. The van der Waals surface area contributed by atoms with E-state index >= 15 is 0 Å². The van der Waals surface area contributed by atoms with Gasteiger partial charge in [-0.1, -0.05) is 35.1 Å². The van der Waals surface area contributed by atoms with Crippen LogP contribution in [0.2, 0.25) is 5.15 Å². The number of halogens is 1. The average Bonchev–Trinajstić information content (AvgIpc) is 3.02. The molecular formula is C11H9ClN2O3S3. The number of thiazole rings is 1. The number of thiophene rings is 1. The van der Waals surface area contributed by atoms with Crippen molar-refractivity contribution in [2.45, 2.75) is 10.8 Å². The van der Waals surface area contributed by atoms with Crippen LogP contribution in [0, 0.1) is 0 Å². The van der Waals surface area contributed by atoms with Crippen molar-refractivity contribution in [1.29, 1.82) is 0 Å². The molecule has 106 valence electrons. The molecule has 5 nitrogen and oxygen atoms in total. The molecule has 0 unspecified atom stereocenters. The summed E-state index contributed by atoms with van der Waals surface area (Å²) in [5.74, 6) is 0. The fourth-order valence-corrected chi connectivity index (χ4v) is 4.77. The lowest BCUT2D eigenvalue weighted by Gasteiger charge is -1.99. The second-order valence-corrected chi connectivity index (χ2v) is 7.70. The topological polar surface area (TPSA) is 68.5 Å². The Hall–Kier alpha value is -1.22. The van der Waals surface area contributed by atoms with Crippen LogP contribution in [0.4, 0.5) is 0 Å². The molecule has 2 rings (SSSR count). The van der Waals surface area contributed by atoms with E-state index in [-0.39, 0.29) is 25.6 Å². The van der Waals surface area contributed by atoms with E-state index in [1.165, 1.54) is 10.6 Å². The van der Waals surface area contributed by atoms with E-state index in [4.69, 9.17) is 11.6 Å². The number of hydrogen-bond donors (Lipinski definition) is 0. The first-order valence-electron chi connectivity index (χ1n) is 5.29. The molecule has 0 radical (unpaired) electrons. The summed E-state index contributed by atoms with van der Waals surface area (Å²) in [5.41, 5.74) is 0. The quantitative estimate of drug-likeness (QED) is 0.616. The fourth-order valence-electron chi connectivity index (χ4n) is 1.40. The molecule has 2 heterocycles. The van der Waals surface area contributed by atoms with Crippen LogP contribution < -0.4 is 4.80 Å². The van der Waals surface area contributed by atoms with Gasteiger partial charge in [-0.2, -0.15) is 8.42 Å². The summed E-state index contributed by atoms with van der Waals surface area (Å²) >= 11 is 8.00. The Bertz CT molecular complexity index is 801. The number of nitrogens with zero attached hydrogens (tertiary/aromatic N) is 2. The van der Waals surface area contributed by atoms with Crippen molar-refractivity contribution in [3.8, 4) is 0 Å². The van der Waals surface area contributed by atoms with E-state index in [1.807, 2.05) is 0 Å². The lowest BCUT2D eigenvalue weighted by Crippen LogP contribution is -2.16. The molecule has 0 N–H and O–H groups in total. The average molecular weight is 349 g/mol. The van der Waals surface area contributed by atoms with E-state index in [1.54, 1.807) is 17.5 Å². The first-order chi connectivity index (χ1) is 9.49. The SMILES string of the molecule is C=CCn1c(Cl)c(C=O)sc1=NS(=O)(=O)c1cccs1. The predicted octanol–water partition coefficient (Wildman–Crippen LogP) is 2.55. The summed E-state index contributed by atoms with van der Waals surface area (Å²) < 4.78 is 29.5. The Kier molecular flexibility index (Phi) is 4.59. The molecule has 0 aliphatic heterocycles. The van der Waals surface area contributed by atoms with Crippen molar-refractivity contribution in [2.24, 2.45) is 4.40 Å². The van der Waals surface area contributed by atoms with Gasteiger partial charge in [0.05, 0.1) is 0 Å². The molecular weight excluding hydrogens is 340 g/mol. The first-order valence-corrected chi connectivity index (χ1v) is 8.80. The number of aromatic nitrogens is 1. The Morgan fingerprint density at radius 2 is 2.25 bits per heavy atom. The van der Waals surface area contributed by atoms with Gasteiger partial charge in [0.15, 0.2) is 6.29 Å². The molecule has 0 saturated carbocycles. The largest absolute Gasteiger partial charge is 0.302 e. The van der Waals surface area contributed by atoms with Gasteiger partial charge in [-0.25, -0.2) is 0 Å². The number of aldehydes is 1. The Labute approximate surface area is 128 Å². The van der Waals surface area contributed by atoms with Crippen molar-refractivity contribution < 1.29 is 13.2 Å². The van der Waals surface area contributed by atoms with Gasteiger partial charge in [0, 0.05) is 6.54 Å². The van der Waals surface area contributed by atoms with Gasteiger partial charge in [0.2, 0.25) is 4.80 Å². The Morgan fingerprint density at radius 1 is 1.50 bits per heavy atom. The highest BCUT2D eigenvalue weighted by molar-refractivity contribution is 7.92. The van der Waals surface area contributed by atoms with Crippen LogP contribution in [0.1, 0.15) is 9.67 Å². The number of carbonyl (C=O) groups excluding carboxylic acids is 1. The second kappa shape index (κ2) is 6.04. The maximum Gasteiger partial charge on any atom is 0.294 e. The predicted molar refractivity (Wildman–Crippen MR) is 80.0 cm³/mol. The number of carbonyl (C=O) groups is 1. The van der Waals surface area contributed by atoms with E-state index in [0.717, 1.165) is 22.7 Å². The number of sulfonamides is 1. The lowest BCUT2D eigenvalue weighted by molar-refractivity contribution is 0.112. The van der Waals surface area contributed by atoms with E-state index in [2.05, 4.69) is 11.0 Å². The van der Waals surface area contributed by atoms with Crippen molar-refractivity contribution in [1.82, 2.24) is 4.57 Å².